The number of nitro benzene ring substituents is 1. The lowest BCUT2D eigenvalue weighted by Gasteiger charge is -2.10. The second-order valence-electron chi connectivity index (χ2n) is 6.97. The molecule has 0 bridgehead atoms. The van der Waals surface area contributed by atoms with E-state index in [-0.39, 0.29) is 17.9 Å². The van der Waals surface area contributed by atoms with Gasteiger partial charge in [0, 0.05) is 35.3 Å². The predicted molar refractivity (Wildman–Crippen MR) is 120 cm³/mol. The summed E-state index contributed by atoms with van der Waals surface area (Å²) in [6.07, 6.45) is 0. The standard InChI is InChI=1S/C24H15N3O6/c25-13-15-2-1-3-17(10-15)26-23(28)14-32-19-8-9-20-21(12-24(29)33-22(20)11-19)16-4-6-18(7-5-16)27(30)31/h1-12H,14H2,(H,26,28). The molecule has 1 aromatic heterocycles. The smallest absolute Gasteiger partial charge is 0.336 e. The molecule has 33 heavy (non-hydrogen) atoms. The highest BCUT2D eigenvalue weighted by molar-refractivity contribution is 5.94. The summed E-state index contributed by atoms with van der Waals surface area (Å²) in [7, 11) is 0. The third-order valence-electron chi connectivity index (χ3n) is 4.75. The zero-order chi connectivity index (χ0) is 23.4. The van der Waals surface area contributed by atoms with Crippen molar-refractivity contribution in [1.29, 1.82) is 5.26 Å². The molecule has 0 atom stereocenters. The number of hydrogen-bond acceptors (Lipinski definition) is 7. The van der Waals surface area contributed by atoms with E-state index in [1.165, 1.54) is 24.3 Å². The fraction of sp³-hybridized carbons (Fsp3) is 0.0417. The largest absolute Gasteiger partial charge is 0.484 e. The van der Waals surface area contributed by atoms with Gasteiger partial charge in [0.2, 0.25) is 0 Å². The predicted octanol–water partition coefficient (Wildman–Crippen LogP) is 4.26. The lowest BCUT2D eigenvalue weighted by atomic mass is 10.0. The Morgan fingerprint density at radius 2 is 1.88 bits per heavy atom. The molecule has 9 nitrogen and oxygen atoms in total. The Bertz CT molecular complexity index is 1470. The molecule has 3 aromatic carbocycles. The summed E-state index contributed by atoms with van der Waals surface area (Å²) >= 11 is 0. The van der Waals surface area contributed by atoms with Crippen molar-refractivity contribution in [3.63, 3.8) is 0 Å². The van der Waals surface area contributed by atoms with Gasteiger partial charge in [0.1, 0.15) is 11.3 Å². The van der Waals surface area contributed by atoms with Crippen molar-refractivity contribution in [2.45, 2.75) is 0 Å². The van der Waals surface area contributed by atoms with Gasteiger partial charge in [0.25, 0.3) is 11.6 Å². The molecular weight excluding hydrogens is 426 g/mol. The summed E-state index contributed by atoms with van der Waals surface area (Å²) in [6.45, 7) is -0.297. The van der Waals surface area contributed by atoms with Gasteiger partial charge in [0.15, 0.2) is 6.61 Å². The minimum atomic E-state index is -0.594. The number of amides is 1. The second kappa shape index (κ2) is 9.03. The van der Waals surface area contributed by atoms with Gasteiger partial charge in [-0.1, -0.05) is 6.07 Å². The Balaban J connectivity index is 1.53. The molecule has 1 N–H and O–H groups in total. The molecule has 0 spiro atoms. The van der Waals surface area contributed by atoms with E-state index in [0.29, 0.717) is 33.5 Å². The van der Waals surface area contributed by atoms with Crippen LogP contribution in [0.1, 0.15) is 5.56 Å². The number of non-ortho nitro benzene ring substituents is 1. The highest BCUT2D eigenvalue weighted by Crippen LogP contribution is 2.30. The number of carbonyl (C=O) groups is 1. The maximum atomic E-state index is 12.2. The van der Waals surface area contributed by atoms with E-state index >= 15 is 0 Å². The summed E-state index contributed by atoms with van der Waals surface area (Å²) in [5, 5.41) is 23.1. The van der Waals surface area contributed by atoms with Crippen LogP contribution in [-0.2, 0) is 4.79 Å². The van der Waals surface area contributed by atoms with Gasteiger partial charge in [-0.05, 0) is 53.6 Å². The van der Waals surface area contributed by atoms with Crippen molar-refractivity contribution < 1.29 is 18.9 Å². The van der Waals surface area contributed by atoms with Crippen LogP contribution in [0.3, 0.4) is 0 Å². The van der Waals surface area contributed by atoms with Crippen LogP contribution >= 0.6 is 0 Å². The van der Waals surface area contributed by atoms with Gasteiger partial charge in [-0.15, -0.1) is 0 Å². The number of nitro groups is 1. The lowest BCUT2D eigenvalue weighted by molar-refractivity contribution is -0.384. The molecule has 0 aliphatic carbocycles. The fourth-order valence-electron chi connectivity index (χ4n) is 3.25. The first-order valence-corrected chi connectivity index (χ1v) is 9.68. The number of benzene rings is 3. The van der Waals surface area contributed by atoms with Crippen LogP contribution < -0.4 is 15.7 Å². The maximum Gasteiger partial charge on any atom is 0.336 e. The van der Waals surface area contributed by atoms with Crippen molar-refractivity contribution in [3.05, 3.63) is 98.9 Å². The number of nitrogens with one attached hydrogen (secondary N) is 1. The van der Waals surface area contributed by atoms with Crippen molar-refractivity contribution in [2.75, 3.05) is 11.9 Å². The first kappa shape index (κ1) is 21.3. The molecular formula is C24H15N3O6. The number of hydrogen-bond donors (Lipinski definition) is 1. The molecule has 0 unspecified atom stereocenters. The number of fused-ring (bicyclic) bond motifs is 1. The van der Waals surface area contributed by atoms with E-state index in [4.69, 9.17) is 14.4 Å². The van der Waals surface area contributed by atoms with E-state index < -0.39 is 16.5 Å². The Kier molecular flexibility index (Phi) is 5.82. The topological polar surface area (TPSA) is 135 Å². The summed E-state index contributed by atoms with van der Waals surface area (Å²) in [5.74, 6) is -0.112. The highest BCUT2D eigenvalue weighted by Gasteiger charge is 2.12. The molecule has 162 valence electrons. The molecule has 0 fully saturated rings. The van der Waals surface area contributed by atoms with Crippen molar-refractivity contribution in [1.82, 2.24) is 0 Å². The number of nitriles is 1. The number of anilines is 1. The number of nitrogens with zero attached hydrogens (tertiary/aromatic N) is 2. The molecule has 0 radical (unpaired) electrons. The Morgan fingerprint density at radius 1 is 1.09 bits per heavy atom. The van der Waals surface area contributed by atoms with Crippen LogP contribution in [-0.4, -0.2) is 17.4 Å². The normalized spacial score (nSPS) is 10.4. The van der Waals surface area contributed by atoms with Crippen LogP contribution in [0.2, 0.25) is 0 Å². The summed E-state index contributed by atoms with van der Waals surface area (Å²) in [6, 6.07) is 20.4. The van der Waals surface area contributed by atoms with Crippen molar-refractivity contribution in [2.24, 2.45) is 0 Å². The molecule has 0 aliphatic rings. The number of ether oxygens (including phenoxy) is 1. The quantitative estimate of drug-likeness (QED) is 0.268. The van der Waals surface area contributed by atoms with Gasteiger partial charge in [-0.2, -0.15) is 5.26 Å². The summed E-state index contributed by atoms with van der Waals surface area (Å²) < 4.78 is 10.8. The first-order chi connectivity index (χ1) is 15.9. The molecule has 1 heterocycles. The first-order valence-electron chi connectivity index (χ1n) is 9.68. The zero-order valence-corrected chi connectivity index (χ0v) is 17.0. The Morgan fingerprint density at radius 3 is 2.61 bits per heavy atom. The van der Waals surface area contributed by atoms with Gasteiger partial charge >= 0.3 is 5.63 Å². The molecule has 1 amide bonds. The third-order valence-corrected chi connectivity index (χ3v) is 4.75. The Hall–Kier alpha value is -4.97. The van der Waals surface area contributed by atoms with Crippen LogP contribution in [0, 0.1) is 21.4 Å². The average molecular weight is 441 g/mol. The van der Waals surface area contributed by atoms with Gasteiger partial charge < -0.3 is 14.5 Å². The lowest BCUT2D eigenvalue weighted by Crippen LogP contribution is -2.20. The molecule has 0 saturated carbocycles. The summed E-state index contributed by atoms with van der Waals surface area (Å²) in [5.41, 5.74) is 1.66. The molecule has 0 saturated heterocycles. The van der Waals surface area contributed by atoms with Crippen LogP contribution in [0.5, 0.6) is 5.75 Å². The molecule has 4 aromatic rings. The van der Waals surface area contributed by atoms with Crippen molar-refractivity contribution >= 4 is 28.3 Å². The SMILES string of the molecule is N#Cc1cccc(NC(=O)COc2ccc3c(-c4ccc([N+](=O)[O-])cc4)cc(=O)oc3c2)c1. The Labute approximate surface area is 186 Å². The van der Waals surface area contributed by atoms with Gasteiger partial charge in [0.05, 0.1) is 16.6 Å². The minimum Gasteiger partial charge on any atom is -0.484 e. The third kappa shape index (κ3) is 4.86. The van der Waals surface area contributed by atoms with E-state index in [2.05, 4.69) is 5.32 Å². The second-order valence-corrected chi connectivity index (χ2v) is 6.97. The van der Waals surface area contributed by atoms with Crippen molar-refractivity contribution in [3.8, 4) is 22.9 Å². The number of rotatable bonds is 6. The van der Waals surface area contributed by atoms with Crippen LogP contribution in [0.15, 0.2) is 82.0 Å². The maximum absolute atomic E-state index is 12.2. The zero-order valence-electron chi connectivity index (χ0n) is 17.0. The molecule has 4 rings (SSSR count). The average Bonchev–Trinajstić information content (AvgIpc) is 2.82. The summed E-state index contributed by atoms with van der Waals surface area (Å²) in [4.78, 5) is 34.6. The van der Waals surface area contributed by atoms with Crippen LogP contribution in [0.25, 0.3) is 22.1 Å². The van der Waals surface area contributed by atoms with E-state index in [1.807, 2.05) is 6.07 Å². The monoisotopic (exact) mass is 441 g/mol. The van der Waals surface area contributed by atoms with E-state index in [9.17, 15) is 19.7 Å². The van der Waals surface area contributed by atoms with E-state index in [1.54, 1.807) is 48.5 Å². The van der Waals surface area contributed by atoms with Gasteiger partial charge in [-0.25, -0.2) is 4.79 Å². The fourth-order valence-corrected chi connectivity index (χ4v) is 3.25. The minimum absolute atomic E-state index is 0.0562. The highest BCUT2D eigenvalue weighted by atomic mass is 16.6. The molecule has 9 heteroatoms. The van der Waals surface area contributed by atoms with Crippen LogP contribution in [0.4, 0.5) is 11.4 Å². The van der Waals surface area contributed by atoms with E-state index in [0.717, 1.165) is 0 Å². The number of carbonyl (C=O) groups excluding carboxylic acids is 1. The van der Waals surface area contributed by atoms with Gasteiger partial charge in [-0.3, -0.25) is 14.9 Å². The molecule has 0 aliphatic heterocycles.